The number of hydrogen-bond acceptors (Lipinski definition) is 5. The van der Waals surface area contributed by atoms with Crippen molar-refractivity contribution in [2.24, 2.45) is 0 Å². The summed E-state index contributed by atoms with van der Waals surface area (Å²) in [5.74, 6) is 0.846. The van der Waals surface area contributed by atoms with Crippen LogP contribution in [0.4, 0.5) is 0 Å². The van der Waals surface area contributed by atoms with Crippen molar-refractivity contribution < 1.29 is 4.74 Å². The highest BCUT2D eigenvalue weighted by Crippen LogP contribution is 2.30. The van der Waals surface area contributed by atoms with Gasteiger partial charge in [-0.05, 0) is 55.1 Å². The van der Waals surface area contributed by atoms with Crippen LogP contribution in [0, 0.1) is 11.3 Å². The van der Waals surface area contributed by atoms with Crippen LogP contribution in [0.5, 0.6) is 5.75 Å². The predicted molar refractivity (Wildman–Crippen MR) is 123 cm³/mol. The van der Waals surface area contributed by atoms with Gasteiger partial charge in [-0.15, -0.1) is 0 Å². The molecular formula is C26H24N4O. The van der Waals surface area contributed by atoms with Gasteiger partial charge in [-0.25, -0.2) is 4.98 Å². The molecule has 1 unspecified atom stereocenters. The molecule has 0 amide bonds. The number of pyridine rings is 2. The van der Waals surface area contributed by atoms with Gasteiger partial charge >= 0.3 is 0 Å². The molecule has 0 saturated carbocycles. The number of rotatable bonds is 6. The Labute approximate surface area is 182 Å². The number of aromatic nitrogens is 2. The van der Waals surface area contributed by atoms with Crippen LogP contribution in [-0.4, -0.2) is 17.1 Å². The molecule has 0 aliphatic carbocycles. The quantitative estimate of drug-likeness (QED) is 0.450. The van der Waals surface area contributed by atoms with Crippen molar-refractivity contribution >= 4 is 10.8 Å². The first-order chi connectivity index (χ1) is 15.1. The van der Waals surface area contributed by atoms with Crippen molar-refractivity contribution in [3.63, 3.8) is 0 Å². The van der Waals surface area contributed by atoms with E-state index in [4.69, 9.17) is 15.0 Å². The highest BCUT2D eigenvalue weighted by molar-refractivity contribution is 5.94. The van der Waals surface area contributed by atoms with Crippen LogP contribution in [0.15, 0.2) is 72.9 Å². The molecule has 0 aliphatic rings. The normalized spacial score (nSPS) is 12.8. The molecule has 5 heteroatoms. The van der Waals surface area contributed by atoms with E-state index in [9.17, 15) is 0 Å². The van der Waals surface area contributed by atoms with E-state index in [1.807, 2.05) is 36.4 Å². The Bertz CT molecular complexity index is 1240. The summed E-state index contributed by atoms with van der Waals surface area (Å²) in [6.07, 6.45) is 1.72. The third kappa shape index (κ3) is 4.40. The summed E-state index contributed by atoms with van der Waals surface area (Å²) in [5, 5.41) is 14.9. The predicted octanol–water partition coefficient (Wildman–Crippen LogP) is 5.59. The van der Waals surface area contributed by atoms with Gasteiger partial charge < -0.3 is 10.1 Å². The van der Waals surface area contributed by atoms with Gasteiger partial charge in [0.1, 0.15) is 17.5 Å². The number of methoxy groups -OCH3 is 1. The smallest absolute Gasteiger partial charge is 0.140 e. The SMILES string of the molecule is COc1cccc([C@@H](C)NC(C)c2cc3ccccc3c(-c3ccc(C#N)nc3)n2)c1. The molecule has 0 radical (unpaired) electrons. The Kier molecular flexibility index (Phi) is 5.92. The molecule has 2 heterocycles. The molecule has 2 aromatic heterocycles. The van der Waals surface area contributed by atoms with Crippen molar-refractivity contribution in [3.8, 4) is 23.1 Å². The monoisotopic (exact) mass is 408 g/mol. The minimum Gasteiger partial charge on any atom is -0.497 e. The molecule has 0 fully saturated rings. The van der Waals surface area contributed by atoms with Gasteiger partial charge in [0.25, 0.3) is 0 Å². The number of nitrogens with zero attached hydrogens (tertiary/aromatic N) is 3. The zero-order chi connectivity index (χ0) is 21.8. The number of ether oxygens (including phenoxy) is 1. The van der Waals surface area contributed by atoms with E-state index in [0.29, 0.717) is 5.69 Å². The van der Waals surface area contributed by atoms with Crippen molar-refractivity contribution in [2.45, 2.75) is 25.9 Å². The molecule has 1 N–H and O–H groups in total. The summed E-state index contributed by atoms with van der Waals surface area (Å²) in [5.41, 5.74) is 4.26. The number of fused-ring (bicyclic) bond motifs is 1. The van der Waals surface area contributed by atoms with E-state index in [1.54, 1.807) is 19.4 Å². The Morgan fingerprint density at radius 1 is 0.968 bits per heavy atom. The maximum absolute atomic E-state index is 9.05. The molecule has 5 nitrogen and oxygen atoms in total. The molecule has 154 valence electrons. The molecule has 4 rings (SSSR count). The molecule has 0 aliphatic heterocycles. The van der Waals surface area contributed by atoms with Gasteiger partial charge in [0.15, 0.2) is 0 Å². The van der Waals surface area contributed by atoms with E-state index in [2.05, 4.69) is 54.5 Å². The topological polar surface area (TPSA) is 70.8 Å². The third-order valence-electron chi connectivity index (χ3n) is 5.45. The fourth-order valence-corrected chi connectivity index (χ4v) is 3.73. The van der Waals surface area contributed by atoms with E-state index >= 15 is 0 Å². The fraction of sp³-hybridized carbons (Fsp3) is 0.192. The molecular weight excluding hydrogens is 384 g/mol. The molecule has 0 spiro atoms. The van der Waals surface area contributed by atoms with Crippen LogP contribution < -0.4 is 10.1 Å². The second-order valence-corrected chi connectivity index (χ2v) is 7.55. The first kappa shape index (κ1) is 20.5. The fourth-order valence-electron chi connectivity index (χ4n) is 3.73. The summed E-state index contributed by atoms with van der Waals surface area (Å²) >= 11 is 0. The van der Waals surface area contributed by atoms with Crippen molar-refractivity contribution in [1.82, 2.24) is 15.3 Å². The third-order valence-corrected chi connectivity index (χ3v) is 5.45. The lowest BCUT2D eigenvalue weighted by Crippen LogP contribution is -2.23. The van der Waals surface area contributed by atoms with Gasteiger partial charge in [0.05, 0.1) is 18.5 Å². The average Bonchev–Trinajstić information content (AvgIpc) is 2.83. The minimum absolute atomic E-state index is 0.0240. The zero-order valence-corrected chi connectivity index (χ0v) is 17.8. The number of benzene rings is 2. The molecule has 2 atom stereocenters. The van der Waals surface area contributed by atoms with E-state index < -0.39 is 0 Å². The van der Waals surface area contributed by atoms with Crippen molar-refractivity contribution in [1.29, 1.82) is 5.26 Å². The molecule has 31 heavy (non-hydrogen) atoms. The maximum Gasteiger partial charge on any atom is 0.140 e. The highest BCUT2D eigenvalue weighted by Gasteiger charge is 2.16. The van der Waals surface area contributed by atoms with Crippen LogP contribution in [0.25, 0.3) is 22.0 Å². The summed E-state index contributed by atoms with van der Waals surface area (Å²) in [6.45, 7) is 4.26. The second-order valence-electron chi connectivity index (χ2n) is 7.55. The Morgan fingerprint density at radius 2 is 1.81 bits per heavy atom. The lowest BCUT2D eigenvalue weighted by atomic mass is 10.0. The van der Waals surface area contributed by atoms with Crippen molar-refractivity contribution in [2.75, 3.05) is 7.11 Å². The van der Waals surface area contributed by atoms with Crippen LogP contribution in [-0.2, 0) is 0 Å². The Hall–Kier alpha value is -3.75. The van der Waals surface area contributed by atoms with Gasteiger partial charge in [0.2, 0.25) is 0 Å². The van der Waals surface area contributed by atoms with Gasteiger partial charge in [-0.2, -0.15) is 5.26 Å². The number of nitriles is 1. The summed E-state index contributed by atoms with van der Waals surface area (Å²) in [4.78, 5) is 9.23. The van der Waals surface area contributed by atoms with Gasteiger partial charge in [-0.3, -0.25) is 4.98 Å². The zero-order valence-electron chi connectivity index (χ0n) is 17.8. The highest BCUT2D eigenvalue weighted by atomic mass is 16.5. The maximum atomic E-state index is 9.05. The Balaban J connectivity index is 1.69. The lowest BCUT2D eigenvalue weighted by molar-refractivity contribution is 0.412. The van der Waals surface area contributed by atoms with Gasteiger partial charge in [-0.1, -0.05) is 36.4 Å². The average molecular weight is 409 g/mol. The molecule has 0 saturated heterocycles. The summed E-state index contributed by atoms with van der Waals surface area (Å²) in [7, 11) is 1.68. The van der Waals surface area contributed by atoms with Crippen LogP contribution >= 0.6 is 0 Å². The van der Waals surface area contributed by atoms with Crippen LogP contribution in [0.1, 0.15) is 42.9 Å². The number of nitrogens with one attached hydrogen (secondary N) is 1. The van der Waals surface area contributed by atoms with Crippen LogP contribution in [0.3, 0.4) is 0 Å². The van der Waals surface area contributed by atoms with E-state index in [-0.39, 0.29) is 12.1 Å². The van der Waals surface area contributed by atoms with E-state index in [1.165, 1.54) is 0 Å². The Morgan fingerprint density at radius 3 is 2.55 bits per heavy atom. The summed E-state index contributed by atoms with van der Waals surface area (Å²) < 4.78 is 5.36. The van der Waals surface area contributed by atoms with Gasteiger partial charge in [0, 0.05) is 29.2 Å². The minimum atomic E-state index is 0.0240. The molecule has 4 aromatic rings. The number of hydrogen-bond donors (Lipinski definition) is 1. The van der Waals surface area contributed by atoms with E-state index in [0.717, 1.165) is 39.0 Å². The summed E-state index contributed by atoms with van der Waals surface area (Å²) in [6, 6.07) is 24.3. The largest absolute Gasteiger partial charge is 0.497 e. The lowest BCUT2D eigenvalue weighted by Gasteiger charge is -2.21. The first-order valence-electron chi connectivity index (χ1n) is 10.2. The van der Waals surface area contributed by atoms with Crippen LogP contribution in [0.2, 0.25) is 0 Å². The molecule has 2 aromatic carbocycles. The molecule has 0 bridgehead atoms. The standard InChI is InChI=1S/C26H24N4O/c1-17(19-8-6-9-23(13-19)31-3)29-18(2)25-14-20-7-4-5-10-24(20)26(30-25)21-11-12-22(15-27)28-16-21/h4-14,16-18,29H,1-3H3/t17-,18?/m1/s1. The first-order valence-corrected chi connectivity index (χ1v) is 10.2. The van der Waals surface area contributed by atoms with Crippen molar-refractivity contribution in [3.05, 3.63) is 89.9 Å². The second kappa shape index (κ2) is 8.95.